The molecule has 3 atom stereocenters. The van der Waals surface area contributed by atoms with E-state index in [1.807, 2.05) is 17.9 Å². The minimum Gasteiger partial charge on any atom is -0.492 e. The summed E-state index contributed by atoms with van der Waals surface area (Å²) in [7, 11) is 3.43. The highest BCUT2D eigenvalue weighted by atomic mass is 16.5. The molecule has 1 N–H and O–H groups in total. The van der Waals surface area contributed by atoms with E-state index in [-0.39, 0.29) is 18.0 Å². The fourth-order valence-electron chi connectivity index (χ4n) is 5.07. The molecular formula is C25H31N3O3. The molecule has 0 radical (unpaired) electrons. The summed E-state index contributed by atoms with van der Waals surface area (Å²) in [6.45, 7) is 3.07. The largest absolute Gasteiger partial charge is 0.492 e. The molecule has 3 unspecified atom stereocenters. The van der Waals surface area contributed by atoms with Crippen molar-refractivity contribution in [2.75, 3.05) is 32.6 Å². The highest BCUT2D eigenvalue weighted by Crippen LogP contribution is 2.46. The van der Waals surface area contributed by atoms with Gasteiger partial charge in [-0.25, -0.2) is 4.79 Å². The first-order valence-electron chi connectivity index (χ1n) is 11.1. The van der Waals surface area contributed by atoms with Crippen LogP contribution in [-0.4, -0.2) is 55.0 Å². The molecule has 2 aromatic carbocycles. The van der Waals surface area contributed by atoms with E-state index in [1.54, 1.807) is 32.3 Å². The molecule has 1 saturated heterocycles. The van der Waals surface area contributed by atoms with E-state index < -0.39 is 0 Å². The van der Waals surface area contributed by atoms with E-state index in [9.17, 15) is 9.59 Å². The first-order chi connectivity index (χ1) is 15.0. The predicted molar refractivity (Wildman–Crippen MR) is 122 cm³/mol. The number of rotatable bonds is 5. The third-order valence-corrected chi connectivity index (χ3v) is 6.51. The fourth-order valence-corrected chi connectivity index (χ4v) is 5.07. The Kier molecular flexibility index (Phi) is 6.16. The number of hydrogen-bond acceptors (Lipinski definition) is 3. The Morgan fingerprint density at radius 3 is 2.61 bits per heavy atom. The minimum absolute atomic E-state index is 0.0945. The van der Waals surface area contributed by atoms with E-state index in [2.05, 4.69) is 29.6 Å². The number of nitrogens with one attached hydrogen (secondary N) is 1. The van der Waals surface area contributed by atoms with Gasteiger partial charge in [0.1, 0.15) is 5.75 Å². The maximum atomic E-state index is 13.3. The van der Waals surface area contributed by atoms with E-state index in [4.69, 9.17) is 4.74 Å². The quantitative estimate of drug-likeness (QED) is 0.768. The highest BCUT2D eigenvalue weighted by molar-refractivity contribution is 5.97. The van der Waals surface area contributed by atoms with Gasteiger partial charge in [-0.1, -0.05) is 36.8 Å². The van der Waals surface area contributed by atoms with Gasteiger partial charge in [0, 0.05) is 38.2 Å². The number of ether oxygens (including phenoxy) is 1. The van der Waals surface area contributed by atoms with E-state index in [0.717, 1.165) is 19.4 Å². The van der Waals surface area contributed by atoms with Crippen LogP contribution in [0.1, 0.15) is 48.0 Å². The topological polar surface area (TPSA) is 61.9 Å². The van der Waals surface area contributed by atoms with Crippen molar-refractivity contribution in [2.45, 2.75) is 38.1 Å². The number of amides is 3. The number of anilines is 1. The maximum absolute atomic E-state index is 13.3. The Balaban J connectivity index is 1.54. The Hall–Kier alpha value is -3.02. The molecule has 2 fully saturated rings. The lowest BCUT2D eigenvalue weighted by molar-refractivity contribution is 0.0827. The number of carbonyl (C=O) groups is 2. The molecule has 0 bridgehead atoms. The average molecular weight is 422 g/mol. The summed E-state index contributed by atoms with van der Waals surface area (Å²) in [6, 6.07) is 15.9. The second kappa shape index (κ2) is 9.00. The van der Waals surface area contributed by atoms with Crippen LogP contribution in [-0.2, 0) is 0 Å². The molecule has 4 rings (SSSR count). The van der Waals surface area contributed by atoms with Crippen LogP contribution in [0.4, 0.5) is 10.5 Å². The summed E-state index contributed by atoms with van der Waals surface area (Å²) in [5.74, 6) is 1.31. The molecule has 2 aliphatic rings. The highest BCUT2D eigenvalue weighted by Gasteiger charge is 2.46. The summed E-state index contributed by atoms with van der Waals surface area (Å²) >= 11 is 0. The predicted octanol–water partition coefficient (Wildman–Crippen LogP) is 4.59. The molecule has 164 valence electrons. The number of fused-ring (bicyclic) bond motifs is 1. The number of carbonyl (C=O) groups excluding carboxylic acids is 2. The van der Waals surface area contributed by atoms with E-state index >= 15 is 0 Å². The first kappa shape index (κ1) is 21.2. The van der Waals surface area contributed by atoms with Gasteiger partial charge >= 0.3 is 6.03 Å². The van der Waals surface area contributed by atoms with Crippen LogP contribution in [0.15, 0.2) is 48.5 Å². The fraction of sp³-hybridized carbons (Fsp3) is 0.440. The monoisotopic (exact) mass is 421 g/mol. The van der Waals surface area contributed by atoms with Crippen LogP contribution in [0.25, 0.3) is 0 Å². The standard InChI is InChI=1S/C25H31N3O3/c1-4-31-23-15-18(24(29)27(2)3)13-14-21(23)26-25(30)28-16-20(17-9-6-5-7-10-17)19-11-8-12-22(19)28/h5-7,9-10,13-15,19-20,22H,4,8,11-12,16H2,1-3H3,(H,26,30). The molecule has 1 aliphatic carbocycles. The van der Waals surface area contributed by atoms with Gasteiger partial charge < -0.3 is 19.9 Å². The lowest BCUT2D eigenvalue weighted by Gasteiger charge is -2.25. The lowest BCUT2D eigenvalue weighted by atomic mass is 9.87. The summed E-state index contributed by atoms with van der Waals surface area (Å²) < 4.78 is 5.74. The lowest BCUT2D eigenvalue weighted by Crippen LogP contribution is -2.39. The molecule has 1 aliphatic heterocycles. The van der Waals surface area contributed by atoms with Crippen molar-refractivity contribution in [1.29, 1.82) is 0 Å². The number of nitrogens with zero attached hydrogens (tertiary/aromatic N) is 2. The van der Waals surface area contributed by atoms with Crippen LogP contribution in [0.2, 0.25) is 0 Å². The molecule has 0 spiro atoms. The molecule has 1 saturated carbocycles. The normalized spacial score (nSPS) is 22.2. The first-order valence-corrected chi connectivity index (χ1v) is 11.1. The molecule has 31 heavy (non-hydrogen) atoms. The van der Waals surface area contributed by atoms with Gasteiger partial charge in [0.15, 0.2) is 0 Å². The zero-order valence-corrected chi connectivity index (χ0v) is 18.5. The van der Waals surface area contributed by atoms with Crippen LogP contribution >= 0.6 is 0 Å². The molecule has 3 amide bonds. The van der Waals surface area contributed by atoms with Crippen molar-refractivity contribution in [3.63, 3.8) is 0 Å². The zero-order valence-electron chi connectivity index (χ0n) is 18.5. The third-order valence-electron chi connectivity index (χ3n) is 6.51. The maximum Gasteiger partial charge on any atom is 0.322 e. The number of urea groups is 1. The van der Waals surface area contributed by atoms with Gasteiger partial charge in [-0.3, -0.25) is 4.79 Å². The molecule has 6 heteroatoms. The van der Waals surface area contributed by atoms with Crippen LogP contribution in [0, 0.1) is 5.92 Å². The average Bonchev–Trinajstić information content (AvgIpc) is 3.38. The molecular weight excluding hydrogens is 390 g/mol. The van der Waals surface area contributed by atoms with Crippen molar-refractivity contribution in [3.05, 3.63) is 59.7 Å². The van der Waals surface area contributed by atoms with E-state index in [0.29, 0.717) is 35.4 Å². The van der Waals surface area contributed by atoms with E-state index in [1.165, 1.54) is 16.9 Å². The van der Waals surface area contributed by atoms with Gasteiger partial charge in [-0.2, -0.15) is 0 Å². The minimum atomic E-state index is -0.0992. The van der Waals surface area contributed by atoms with Crippen LogP contribution in [0.3, 0.4) is 0 Å². The van der Waals surface area contributed by atoms with Crippen molar-refractivity contribution >= 4 is 17.6 Å². The summed E-state index contributed by atoms with van der Waals surface area (Å²) in [5.41, 5.74) is 2.45. The Morgan fingerprint density at radius 2 is 1.90 bits per heavy atom. The number of hydrogen-bond donors (Lipinski definition) is 1. The van der Waals surface area contributed by atoms with Crippen molar-refractivity contribution in [1.82, 2.24) is 9.80 Å². The van der Waals surface area contributed by atoms with Crippen molar-refractivity contribution in [2.24, 2.45) is 5.92 Å². The van der Waals surface area contributed by atoms with Crippen molar-refractivity contribution < 1.29 is 14.3 Å². The van der Waals surface area contributed by atoms with Gasteiger partial charge in [-0.05, 0) is 49.4 Å². The van der Waals surface area contributed by atoms with Gasteiger partial charge in [0.05, 0.1) is 12.3 Å². The molecule has 6 nitrogen and oxygen atoms in total. The summed E-state index contributed by atoms with van der Waals surface area (Å²) in [5, 5.41) is 3.05. The zero-order chi connectivity index (χ0) is 22.0. The van der Waals surface area contributed by atoms with Crippen LogP contribution < -0.4 is 10.1 Å². The second-order valence-electron chi connectivity index (χ2n) is 8.61. The van der Waals surface area contributed by atoms with Crippen molar-refractivity contribution in [3.8, 4) is 5.75 Å². The second-order valence-corrected chi connectivity index (χ2v) is 8.61. The van der Waals surface area contributed by atoms with Gasteiger partial charge in [0.2, 0.25) is 0 Å². The summed E-state index contributed by atoms with van der Waals surface area (Å²) in [6.07, 6.45) is 3.38. The van der Waals surface area contributed by atoms with Gasteiger partial charge in [0.25, 0.3) is 5.91 Å². The van der Waals surface area contributed by atoms with Gasteiger partial charge in [-0.15, -0.1) is 0 Å². The smallest absolute Gasteiger partial charge is 0.322 e. The Morgan fingerprint density at radius 1 is 1.13 bits per heavy atom. The molecule has 0 aromatic heterocycles. The summed E-state index contributed by atoms with van der Waals surface area (Å²) in [4.78, 5) is 29.1. The molecule has 2 aromatic rings. The molecule has 1 heterocycles. The van der Waals surface area contributed by atoms with Crippen LogP contribution in [0.5, 0.6) is 5.75 Å². The number of likely N-dealkylation sites (tertiary alicyclic amines) is 1. The number of benzene rings is 2. The Labute approximate surface area is 184 Å². The Bertz CT molecular complexity index is 944. The third kappa shape index (κ3) is 4.24. The SMILES string of the molecule is CCOc1cc(C(=O)N(C)C)ccc1NC(=O)N1CC(c2ccccc2)C2CCCC21.